The Kier molecular flexibility index (Phi) is 5.56. The van der Waals surface area contributed by atoms with E-state index in [2.05, 4.69) is 35.4 Å². The fourth-order valence-corrected chi connectivity index (χ4v) is 2.23. The molecular formula is C15H21ClN4. The summed E-state index contributed by atoms with van der Waals surface area (Å²) in [4.78, 5) is 4.43. The largest absolute Gasteiger partial charge is 0.305 e. The van der Waals surface area contributed by atoms with E-state index in [9.17, 15) is 0 Å². The van der Waals surface area contributed by atoms with E-state index in [0.717, 1.165) is 37.2 Å². The highest BCUT2D eigenvalue weighted by atomic mass is 35.5. The van der Waals surface area contributed by atoms with Crippen LogP contribution in [0.4, 0.5) is 0 Å². The van der Waals surface area contributed by atoms with Crippen molar-refractivity contribution in [1.82, 2.24) is 20.1 Å². The summed E-state index contributed by atoms with van der Waals surface area (Å²) in [7, 11) is 0. The van der Waals surface area contributed by atoms with E-state index in [-0.39, 0.29) is 6.04 Å². The number of nitrogens with one attached hydrogen (secondary N) is 1. The van der Waals surface area contributed by atoms with Crippen LogP contribution >= 0.6 is 11.6 Å². The summed E-state index contributed by atoms with van der Waals surface area (Å²) in [6.07, 6.45) is 7.85. The molecule has 0 saturated carbocycles. The molecule has 1 unspecified atom stereocenters. The maximum absolute atomic E-state index is 5.91. The Morgan fingerprint density at radius 2 is 2.10 bits per heavy atom. The first kappa shape index (κ1) is 15.0. The molecule has 0 aromatic carbocycles. The number of halogens is 1. The molecule has 108 valence electrons. The van der Waals surface area contributed by atoms with Crippen molar-refractivity contribution in [3.8, 4) is 0 Å². The zero-order valence-electron chi connectivity index (χ0n) is 12.0. The van der Waals surface area contributed by atoms with Crippen LogP contribution in [0.5, 0.6) is 0 Å². The molecule has 20 heavy (non-hydrogen) atoms. The Morgan fingerprint density at radius 1 is 1.25 bits per heavy atom. The standard InChI is InChI=1S/C15H21ClN4/c1-3-7-17-15(14-6-5-13(16)10-18-14)12-9-19-20(11-12)8-4-2/h5-6,9-11,15,17H,3-4,7-8H2,1-2H3. The summed E-state index contributed by atoms with van der Waals surface area (Å²) in [5.74, 6) is 0. The van der Waals surface area contributed by atoms with Crippen LogP contribution in [0.25, 0.3) is 0 Å². The summed E-state index contributed by atoms with van der Waals surface area (Å²) in [5.41, 5.74) is 2.11. The number of rotatable bonds is 7. The summed E-state index contributed by atoms with van der Waals surface area (Å²) in [6.45, 7) is 6.18. The number of pyridine rings is 1. The van der Waals surface area contributed by atoms with Gasteiger partial charge in [-0.1, -0.05) is 25.4 Å². The van der Waals surface area contributed by atoms with Crippen molar-refractivity contribution in [1.29, 1.82) is 0 Å². The van der Waals surface area contributed by atoms with Crippen molar-refractivity contribution in [2.45, 2.75) is 39.3 Å². The molecule has 0 radical (unpaired) electrons. The van der Waals surface area contributed by atoms with Crippen LogP contribution in [0.1, 0.15) is 44.0 Å². The van der Waals surface area contributed by atoms with E-state index < -0.39 is 0 Å². The minimum Gasteiger partial charge on any atom is -0.305 e. The third kappa shape index (κ3) is 3.81. The number of aryl methyl sites for hydroxylation is 1. The smallest absolute Gasteiger partial charge is 0.0782 e. The average molecular weight is 293 g/mol. The minimum absolute atomic E-state index is 0.0674. The molecule has 4 nitrogen and oxygen atoms in total. The molecular weight excluding hydrogens is 272 g/mol. The first-order chi connectivity index (χ1) is 9.74. The predicted octanol–water partition coefficient (Wildman–Crippen LogP) is 3.43. The molecule has 0 amide bonds. The highest BCUT2D eigenvalue weighted by molar-refractivity contribution is 6.30. The van der Waals surface area contributed by atoms with Crippen molar-refractivity contribution in [3.63, 3.8) is 0 Å². The molecule has 0 bridgehead atoms. The van der Waals surface area contributed by atoms with E-state index in [1.165, 1.54) is 0 Å². The molecule has 2 aromatic heterocycles. The van der Waals surface area contributed by atoms with Gasteiger partial charge in [-0.2, -0.15) is 5.10 Å². The van der Waals surface area contributed by atoms with Gasteiger partial charge >= 0.3 is 0 Å². The highest BCUT2D eigenvalue weighted by Gasteiger charge is 2.16. The molecule has 2 aromatic rings. The second kappa shape index (κ2) is 7.41. The normalized spacial score (nSPS) is 12.6. The maximum Gasteiger partial charge on any atom is 0.0782 e. The van der Waals surface area contributed by atoms with E-state index in [0.29, 0.717) is 5.02 Å². The van der Waals surface area contributed by atoms with Gasteiger partial charge in [0.2, 0.25) is 0 Å². The second-order valence-corrected chi connectivity index (χ2v) is 5.26. The van der Waals surface area contributed by atoms with Gasteiger partial charge in [0.15, 0.2) is 0 Å². The molecule has 0 saturated heterocycles. The Labute approximate surface area is 125 Å². The molecule has 2 rings (SSSR count). The third-order valence-electron chi connectivity index (χ3n) is 3.08. The van der Waals surface area contributed by atoms with E-state index in [4.69, 9.17) is 11.6 Å². The summed E-state index contributed by atoms with van der Waals surface area (Å²) >= 11 is 5.91. The number of nitrogens with zero attached hydrogens (tertiary/aromatic N) is 3. The topological polar surface area (TPSA) is 42.7 Å². The lowest BCUT2D eigenvalue weighted by molar-refractivity contribution is 0.580. The minimum atomic E-state index is 0.0674. The van der Waals surface area contributed by atoms with Crippen LogP contribution in [-0.4, -0.2) is 21.3 Å². The highest BCUT2D eigenvalue weighted by Crippen LogP contribution is 2.21. The fraction of sp³-hybridized carbons (Fsp3) is 0.467. The van der Waals surface area contributed by atoms with Crippen LogP contribution in [0.2, 0.25) is 5.02 Å². The number of hydrogen-bond acceptors (Lipinski definition) is 3. The van der Waals surface area contributed by atoms with Gasteiger partial charge < -0.3 is 5.32 Å². The Bertz CT molecular complexity index is 521. The quantitative estimate of drug-likeness (QED) is 0.850. The van der Waals surface area contributed by atoms with Crippen molar-refractivity contribution in [3.05, 3.63) is 47.0 Å². The zero-order chi connectivity index (χ0) is 14.4. The first-order valence-corrected chi connectivity index (χ1v) is 7.49. The van der Waals surface area contributed by atoms with Gasteiger partial charge in [-0.3, -0.25) is 9.67 Å². The molecule has 0 fully saturated rings. The molecule has 1 N–H and O–H groups in total. The lowest BCUT2D eigenvalue weighted by Crippen LogP contribution is -2.23. The van der Waals surface area contributed by atoms with Crippen molar-refractivity contribution < 1.29 is 0 Å². The molecule has 1 atom stereocenters. The van der Waals surface area contributed by atoms with Gasteiger partial charge in [0.25, 0.3) is 0 Å². The molecule has 0 aliphatic rings. The van der Waals surface area contributed by atoms with Crippen LogP contribution in [0.3, 0.4) is 0 Å². The van der Waals surface area contributed by atoms with Crippen molar-refractivity contribution in [2.75, 3.05) is 6.54 Å². The number of aromatic nitrogens is 3. The van der Waals surface area contributed by atoms with E-state index >= 15 is 0 Å². The van der Waals surface area contributed by atoms with Gasteiger partial charge in [-0.05, 0) is 31.5 Å². The molecule has 0 aliphatic heterocycles. The van der Waals surface area contributed by atoms with E-state index in [1.807, 2.05) is 23.0 Å². The predicted molar refractivity (Wildman–Crippen MR) is 81.9 cm³/mol. The number of hydrogen-bond donors (Lipinski definition) is 1. The fourth-order valence-electron chi connectivity index (χ4n) is 2.12. The van der Waals surface area contributed by atoms with Crippen molar-refractivity contribution in [2.24, 2.45) is 0 Å². The second-order valence-electron chi connectivity index (χ2n) is 4.83. The maximum atomic E-state index is 5.91. The lowest BCUT2D eigenvalue weighted by atomic mass is 10.1. The van der Waals surface area contributed by atoms with Gasteiger partial charge in [-0.15, -0.1) is 0 Å². The lowest BCUT2D eigenvalue weighted by Gasteiger charge is -2.16. The van der Waals surface area contributed by atoms with Crippen LogP contribution in [0.15, 0.2) is 30.7 Å². The van der Waals surface area contributed by atoms with Crippen LogP contribution < -0.4 is 5.32 Å². The van der Waals surface area contributed by atoms with E-state index in [1.54, 1.807) is 6.20 Å². The van der Waals surface area contributed by atoms with Gasteiger partial charge in [0, 0.05) is 24.5 Å². The van der Waals surface area contributed by atoms with Gasteiger partial charge in [0.05, 0.1) is 23.0 Å². The third-order valence-corrected chi connectivity index (χ3v) is 3.31. The van der Waals surface area contributed by atoms with Crippen molar-refractivity contribution >= 4 is 11.6 Å². The van der Waals surface area contributed by atoms with Crippen LogP contribution in [0, 0.1) is 0 Å². The van der Waals surface area contributed by atoms with Gasteiger partial charge in [0.1, 0.15) is 0 Å². The summed E-state index contributed by atoms with van der Waals surface area (Å²) in [6, 6.07) is 3.91. The molecule has 0 spiro atoms. The molecule has 2 heterocycles. The Balaban J connectivity index is 2.23. The summed E-state index contributed by atoms with van der Waals surface area (Å²) < 4.78 is 1.98. The molecule has 0 aliphatic carbocycles. The van der Waals surface area contributed by atoms with Crippen LogP contribution in [-0.2, 0) is 6.54 Å². The Morgan fingerprint density at radius 3 is 2.75 bits per heavy atom. The van der Waals surface area contributed by atoms with Gasteiger partial charge in [-0.25, -0.2) is 0 Å². The SMILES string of the molecule is CCCNC(c1cnn(CCC)c1)c1ccc(Cl)cn1. The zero-order valence-corrected chi connectivity index (χ0v) is 12.8. The average Bonchev–Trinajstić information content (AvgIpc) is 2.90. The Hall–Kier alpha value is -1.39. The monoisotopic (exact) mass is 292 g/mol. The molecule has 5 heteroatoms. The first-order valence-electron chi connectivity index (χ1n) is 7.11. The summed E-state index contributed by atoms with van der Waals surface area (Å²) in [5, 5.41) is 8.58.